The molecule has 17 heavy (non-hydrogen) atoms. The highest BCUT2D eigenvalue weighted by molar-refractivity contribution is 7.09. The van der Waals surface area contributed by atoms with Gasteiger partial charge in [-0.3, -0.25) is 0 Å². The maximum absolute atomic E-state index is 10.3. The summed E-state index contributed by atoms with van der Waals surface area (Å²) in [5.74, 6) is 0. The van der Waals surface area contributed by atoms with Gasteiger partial charge in [0.1, 0.15) is 0 Å². The minimum Gasteiger partial charge on any atom is -0.388 e. The summed E-state index contributed by atoms with van der Waals surface area (Å²) in [6.45, 7) is 0.539. The monoisotopic (exact) mass is 248 g/mol. The number of methoxy groups -OCH3 is 1. The van der Waals surface area contributed by atoms with Gasteiger partial charge in [0.2, 0.25) is 0 Å². The van der Waals surface area contributed by atoms with E-state index >= 15 is 0 Å². The number of benzene rings is 1. The average molecular weight is 248 g/mol. The van der Waals surface area contributed by atoms with E-state index in [-0.39, 0.29) is 0 Å². The summed E-state index contributed by atoms with van der Waals surface area (Å²) in [5, 5.41) is 12.3. The standard InChI is InChI=1S/C14H16O2S/c1-16-10-11-5-2-3-7-13(11)14(15)9-12-6-4-8-17-12/h2-8,14-15H,9-10H2,1H3. The van der Waals surface area contributed by atoms with Crippen LogP contribution in [0.1, 0.15) is 22.1 Å². The Kier molecular flexibility index (Phi) is 4.31. The van der Waals surface area contributed by atoms with Gasteiger partial charge >= 0.3 is 0 Å². The van der Waals surface area contributed by atoms with Crippen molar-refractivity contribution < 1.29 is 9.84 Å². The van der Waals surface area contributed by atoms with E-state index in [9.17, 15) is 5.11 Å². The fourth-order valence-electron chi connectivity index (χ4n) is 1.88. The van der Waals surface area contributed by atoms with Crippen LogP contribution in [-0.4, -0.2) is 12.2 Å². The van der Waals surface area contributed by atoms with Crippen LogP contribution in [-0.2, 0) is 17.8 Å². The van der Waals surface area contributed by atoms with Crippen molar-refractivity contribution >= 4 is 11.3 Å². The van der Waals surface area contributed by atoms with Crippen LogP contribution in [0.2, 0.25) is 0 Å². The predicted molar refractivity (Wildman–Crippen MR) is 70.1 cm³/mol. The first-order valence-electron chi connectivity index (χ1n) is 5.58. The normalized spacial score (nSPS) is 12.6. The third-order valence-electron chi connectivity index (χ3n) is 2.69. The zero-order valence-corrected chi connectivity index (χ0v) is 10.6. The highest BCUT2D eigenvalue weighted by Crippen LogP contribution is 2.24. The van der Waals surface area contributed by atoms with Crippen molar-refractivity contribution in [1.82, 2.24) is 0 Å². The summed E-state index contributed by atoms with van der Waals surface area (Å²) < 4.78 is 5.15. The van der Waals surface area contributed by atoms with E-state index in [0.717, 1.165) is 11.1 Å². The van der Waals surface area contributed by atoms with Crippen LogP contribution in [0.5, 0.6) is 0 Å². The molecule has 1 unspecified atom stereocenters. The SMILES string of the molecule is COCc1ccccc1C(O)Cc1cccs1. The molecule has 2 rings (SSSR count). The maximum Gasteiger partial charge on any atom is 0.0841 e. The van der Waals surface area contributed by atoms with Gasteiger partial charge in [-0.15, -0.1) is 11.3 Å². The fourth-order valence-corrected chi connectivity index (χ4v) is 2.62. The second kappa shape index (κ2) is 5.96. The Labute approximate surface area is 105 Å². The quantitative estimate of drug-likeness (QED) is 0.880. The molecule has 1 N–H and O–H groups in total. The van der Waals surface area contributed by atoms with Gasteiger partial charge in [0.25, 0.3) is 0 Å². The zero-order chi connectivity index (χ0) is 12.1. The lowest BCUT2D eigenvalue weighted by atomic mass is 10.0. The first-order valence-corrected chi connectivity index (χ1v) is 6.46. The molecule has 0 saturated heterocycles. The van der Waals surface area contributed by atoms with E-state index in [2.05, 4.69) is 0 Å². The molecule has 0 aliphatic heterocycles. The van der Waals surface area contributed by atoms with Crippen molar-refractivity contribution in [3.63, 3.8) is 0 Å². The van der Waals surface area contributed by atoms with Gasteiger partial charge in [0.05, 0.1) is 12.7 Å². The fraction of sp³-hybridized carbons (Fsp3) is 0.286. The highest BCUT2D eigenvalue weighted by Gasteiger charge is 2.12. The topological polar surface area (TPSA) is 29.5 Å². The minimum atomic E-state index is -0.458. The summed E-state index contributed by atoms with van der Waals surface area (Å²) in [6, 6.07) is 11.9. The molecule has 1 aromatic heterocycles. The molecular weight excluding hydrogens is 232 g/mol. The molecule has 1 heterocycles. The van der Waals surface area contributed by atoms with Crippen LogP contribution < -0.4 is 0 Å². The molecule has 0 aliphatic rings. The van der Waals surface area contributed by atoms with E-state index in [1.807, 2.05) is 41.8 Å². The van der Waals surface area contributed by atoms with Crippen LogP contribution in [0.15, 0.2) is 41.8 Å². The number of hydrogen-bond donors (Lipinski definition) is 1. The van der Waals surface area contributed by atoms with Gasteiger partial charge in [-0.25, -0.2) is 0 Å². The molecular formula is C14H16O2S. The van der Waals surface area contributed by atoms with Crippen LogP contribution in [0, 0.1) is 0 Å². The van der Waals surface area contributed by atoms with Crippen LogP contribution in [0.25, 0.3) is 0 Å². The van der Waals surface area contributed by atoms with Crippen molar-refractivity contribution in [2.75, 3.05) is 7.11 Å². The first-order chi connectivity index (χ1) is 8.31. The van der Waals surface area contributed by atoms with Crippen LogP contribution >= 0.6 is 11.3 Å². The highest BCUT2D eigenvalue weighted by atomic mass is 32.1. The Morgan fingerprint density at radius 2 is 2.06 bits per heavy atom. The number of thiophene rings is 1. The molecule has 1 atom stereocenters. The Hall–Kier alpha value is -1.16. The minimum absolute atomic E-state index is 0.458. The van der Waals surface area contributed by atoms with Gasteiger partial charge in [0.15, 0.2) is 0 Å². The van der Waals surface area contributed by atoms with Crippen LogP contribution in [0.4, 0.5) is 0 Å². The lowest BCUT2D eigenvalue weighted by Crippen LogP contribution is -2.05. The van der Waals surface area contributed by atoms with Gasteiger partial charge in [-0.2, -0.15) is 0 Å². The second-order valence-corrected chi connectivity index (χ2v) is 4.96. The van der Waals surface area contributed by atoms with E-state index in [1.165, 1.54) is 4.88 Å². The molecule has 0 aliphatic carbocycles. The molecule has 0 bridgehead atoms. The van der Waals surface area contributed by atoms with E-state index in [0.29, 0.717) is 13.0 Å². The molecule has 0 spiro atoms. The summed E-state index contributed by atoms with van der Waals surface area (Å²) in [7, 11) is 1.67. The third-order valence-corrected chi connectivity index (χ3v) is 3.59. The summed E-state index contributed by atoms with van der Waals surface area (Å²) in [5.41, 5.74) is 2.02. The van der Waals surface area contributed by atoms with Gasteiger partial charge < -0.3 is 9.84 Å². The number of aliphatic hydroxyl groups is 1. The van der Waals surface area contributed by atoms with Crippen molar-refractivity contribution in [2.24, 2.45) is 0 Å². The Morgan fingerprint density at radius 1 is 1.24 bits per heavy atom. The molecule has 2 aromatic rings. The molecule has 0 radical (unpaired) electrons. The lowest BCUT2D eigenvalue weighted by molar-refractivity contribution is 0.162. The number of hydrogen-bond acceptors (Lipinski definition) is 3. The molecule has 0 saturated carbocycles. The van der Waals surface area contributed by atoms with Crippen LogP contribution in [0.3, 0.4) is 0 Å². The lowest BCUT2D eigenvalue weighted by Gasteiger charge is -2.14. The van der Waals surface area contributed by atoms with Gasteiger partial charge in [0, 0.05) is 18.4 Å². The number of aliphatic hydroxyl groups excluding tert-OH is 1. The molecule has 3 heteroatoms. The Bertz CT molecular complexity index is 451. The molecule has 0 amide bonds. The summed E-state index contributed by atoms with van der Waals surface area (Å²) >= 11 is 1.67. The number of ether oxygens (including phenoxy) is 1. The second-order valence-electron chi connectivity index (χ2n) is 3.93. The zero-order valence-electron chi connectivity index (χ0n) is 9.80. The predicted octanol–water partition coefficient (Wildman–Crippen LogP) is 3.17. The Morgan fingerprint density at radius 3 is 2.76 bits per heavy atom. The van der Waals surface area contributed by atoms with E-state index in [1.54, 1.807) is 18.4 Å². The van der Waals surface area contributed by atoms with Crippen molar-refractivity contribution in [3.8, 4) is 0 Å². The third kappa shape index (κ3) is 3.16. The van der Waals surface area contributed by atoms with E-state index in [4.69, 9.17) is 4.74 Å². The number of rotatable bonds is 5. The molecule has 1 aromatic carbocycles. The van der Waals surface area contributed by atoms with Crippen molar-refractivity contribution in [2.45, 2.75) is 19.1 Å². The summed E-state index contributed by atoms with van der Waals surface area (Å²) in [4.78, 5) is 1.20. The first kappa shape index (κ1) is 12.3. The smallest absolute Gasteiger partial charge is 0.0841 e. The maximum atomic E-state index is 10.3. The molecule has 90 valence electrons. The van der Waals surface area contributed by atoms with Gasteiger partial charge in [-0.05, 0) is 22.6 Å². The largest absolute Gasteiger partial charge is 0.388 e. The molecule has 2 nitrogen and oxygen atoms in total. The molecule has 0 fully saturated rings. The summed E-state index contributed by atoms with van der Waals surface area (Å²) in [6.07, 6.45) is 0.207. The van der Waals surface area contributed by atoms with Crippen molar-refractivity contribution in [3.05, 3.63) is 57.8 Å². The van der Waals surface area contributed by atoms with Gasteiger partial charge in [-0.1, -0.05) is 30.3 Å². The van der Waals surface area contributed by atoms with Crippen molar-refractivity contribution in [1.29, 1.82) is 0 Å². The average Bonchev–Trinajstić information content (AvgIpc) is 2.83. The van der Waals surface area contributed by atoms with E-state index < -0.39 is 6.10 Å². The Balaban J connectivity index is 2.15.